The van der Waals surface area contributed by atoms with Crippen LogP contribution >= 0.6 is 11.3 Å². The zero-order chi connectivity index (χ0) is 18.0. The number of rotatable bonds is 5. The third-order valence-corrected chi connectivity index (χ3v) is 4.83. The molecule has 1 saturated carbocycles. The zero-order valence-electron chi connectivity index (χ0n) is 13.1. The average molecular weight is 365 g/mol. The van der Waals surface area contributed by atoms with E-state index in [1.807, 2.05) is 6.07 Å². The lowest BCUT2D eigenvalue weighted by molar-refractivity contribution is -0.137. The molecule has 4 nitrogen and oxygen atoms in total. The molecule has 0 radical (unpaired) electrons. The smallest absolute Gasteiger partial charge is 0.326 e. The Morgan fingerprint density at radius 3 is 2.56 bits per heavy atom. The summed E-state index contributed by atoms with van der Waals surface area (Å²) in [5.41, 5.74) is 0.432. The second kappa shape index (κ2) is 6.84. The molecule has 25 heavy (non-hydrogen) atoms. The first-order chi connectivity index (χ1) is 11.9. The van der Waals surface area contributed by atoms with Crippen LogP contribution in [-0.4, -0.2) is 28.4 Å². The molecule has 2 aromatic rings. The predicted molar refractivity (Wildman–Crippen MR) is 86.6 cm³/mol. The predicted octanol–water partition coefficient (Wildman–Crippen LogP) is 3.89. The lowest BCUT2D eigenvalue weighted by Gasteiger charge is -2.18. The van der Waals surface area contributed by atoms with E-state index in [0.29, 0.717) is 16.3 Å². The lowest BCUT2D eigenvalue weighted by atomic mass is 10.1. The normalized spacial score (nSPS) is 14.2. The Balaban J connectivity index is 1.70. The number of halogens is 3. The molecule has 0 spiro atoms. The molecule has 0 bridgehead atoms. The Hall–Kier alpha value is -2.40. The molecule has 1 aliphatic carbocycles. The van der Waals surface area contributed by atoms with Crippen LogP contribution in [0.1, 0.15) is 24.1 Å². The summed E-state index contributed by atoms with van der Waals surface area (Å²) in [5, 5.41) is 11.1. The number of amides is 1. The van der Waals surface area contributed by atoms with Gasteiger partial charge in [-0.3, -0.25) is 4.79 Å². The van der Waals surface area contributed by atoms with E-state index >= 15 is 0 Å². The van der Waals surface area contributed by atoms with E-state index in [-0.39, 0.29) is 24.9 Å². The highest BCUT2D eigenvalue weighted by Crippen LogP contribution is 2.32. The second-order valence-corrected chi connectivity index (χ2v) is 6.66. The van der Waals surface area contributed by atoms with E-state index in [9.17, 15) is 18.0 Å². The van der Waals surface area contributed by atoms with E-state index in [1.54, 1.807) is 10.3 Å². The molecule has 130 valence electrons. The van der Waals surface area contributed by atoms with Gasteiger partial charge in [-0.25, -0.2) is 4.98 Å². The van der Waals surface area contributed by atoms with Gasteiger partial charge in [0.25, 0.3) is 0 Å². The monoisotopic (exact) mass is 365 g/mol. The molecule has 3 rings (SSSR count). The van der Waals surface area contributed by atoms with E-state index in [2.05, 4.69) is 4.98 Å². The number of nitrogens with zero attached hydrogens (tertiary/aromatic N) is 3. The largest absolute Gasteiger partial charge is 0.416 e. The van der Waals surface area contributed by atoms with Gasteiger partial charge < -0.3 is 4.90 Å². The molecular weight excluding hydrogens is 351 g/mol. The van der Waals surface area contributed by atoms with Gasteiger partial charge in [0.1, 0.15) is 11.6 Å². The van der Waals surface area contributed by atoms with Gasteiger partial charge in [0.2, 0.25) is 5.91 Å². The second-order valence-electron chi connectivity index (χ2n) is 5.81. The highest BCUT2D eigenvalue weighted by Gasteiger charge is 2.32. The minimum Gasteiger partial charge on any atom is -0.326 e. The summed E-state index contributed by atoms with van der Waals surface area (Å²) in [4.78, 5) is 18.2. The summed E-state index contributed by atoms with van der Waals surface area (Å²) >= 11 is 1.28. The van der Waals surface area contributed by atoms with E-state index in [4.69, 9.17) is 5.26 Å². The van der Waals surface area contributed by atoms with Gasteiger partial charge in [-0.1, -0.05) is 12.1 Å². The first kappa shape index (κ1) is 17.4. The van der Waals surface area contributed by atoms with Crippen molar-refractivity contribution < 1.29 is 18.0 Å². The maximum absolute atomic E-state index is 12.6. The van der Waals surface area contributed by atoms with Crippen LogP contribution in [0.25, 0.3) is 10.6 Å². The molecule has 1 fully saturated rings. The van der Waals surface area contributed by atoms with Gasteiger partial charge in [-0.15, -0.1) is 11.3 Å². The van der Waals surface area contributed by atoms with Crippen LogP contribution in [0.15, 0.2) is 29.6 Å². The molecule has 1 aromatic heterocycles. The number of benzene rings is 1. The Labute approximate surface area is 146 Å². The molecule has 1 heterocycles. The summed E-state index contributed by atoms with van der Waals surface area (Å²) < 4.78 is 37.8. The van der Waals surface area contributed by atoms with Crippen molar-refractivity contribution in [3.05, 3.63) is 40.9 Å². The van der Waals surface area contributed by atoms with Crippen molar-refractivity contribution in [3.8, 4) is 16.6 Å². The van der Waals surface area contributed by atoms with Crippen molar-refractivity contribution in [2.75, 3.05) is 6.54 Å². The summed E-state index contributed by atoms with van der Waals surface area (Å²) in [5.74, 6) is -0.145. The van der Waals surface area contributed by atoms with Crippen LogP contribution in [-0.2, 0) is 17.4 Å². The standard InChI is InChI=1S/C17H14F3N3OS/c18-17(19,20)12-3-1-11(2-4-12)16-22-13(10-25-16)9-15(24)23(8-7-21)14-5-6-14/h1-4,10,14H,5-6,8-9H2. The van der Waals surface area contributed by atoms with Crippen LogP contribution < -0.4 is 0 Å². The molecule has 0 saturated heterocycles. The molecule has 0 N–H and O–H groups in total. The number of thiazole rings is 1. The molecule has 0 aliphatic heterocycles. The number of hydrogen-bond donors (Lipinski definition) is 0. The van der Waals surface area contributed by atoms with Crippen LogP contribution in [0, 0.1) is 11.3 Å². The number of carbonyl (C=O) groups is 1. The van der Waals surface area contributed by atoms with E-state index < -0.39 is 11.7 Å². The van der Waals surface area contributed by atoms with Gasteiger partial charge >= 0.3 is 6.18 Å². The molecule has 1 aliphatic rings. The topological polar surface area (TPSA) is 57.0 Å². The van der Waals surface area contributed by atoms with Gasteiger partial charge in [0, 0.05) is 17.0 Å². The molecule has 0 atom stereocenters. The van der Waals surface area contributed by atoms with Crippen molar-refractivity contribution >= 4 is 17.2 Å². The fraction of sp³-hybridized carbons (Fsp3) is 0.353. The van der Waals surface area contributed by atoms with E-state index in [0.717, 1.165) is 25.0 Å². The first-order valence-corrected chi connectivity index (χ1v) is 8.55. The number of alkyl halides is 3. The lowest BCUT2D eigenvalue weighted by Crippen LogP contribution is -2.34. The van der Waals surface area contributed by atoms with Crippen LogP contribution in [0.4, 0.5) is 13.2 Å². The van der Waals surface area contributed by atoms with Crippen LogP contribution in [0.5, 0.6) is 0 Å². The van der Waals surface area contributed by atoms with Gasteiger partial charge in [0.05, 0.1) is 23.7 Å². The zero-order valence-corrected chi connectivity index (χ0v) is 13.9. The number of nitriles is 1. The van der Waals surface area contributed by atoms with Crippen molar-refractivity contribution in [2.45, 2.75) is 31.5 Å². The summed E-state index contributed by atoms with van der Waals surface area (Å²) in [6, 6.07) is 6.94. The van der Waals surface area contributed by atoms with Crippen LogP contribution in [0.2, 0.25) is 0 Å². The minimum absolute atomic E-state index is 0.0688. The first-order valence-electron chi connectivity index (χ1n) is 7.67. The summed E-state index contributed by atoms with van der Waals surface area (Å²) in [7, 11) is 0. The number of hydrogen-bond acceptors (Lipinski definition) is 4. The number of carbonyl (C=O) groups excluding carboxylic acids is 1. The molecule has 8 heteroatoms. The summed E-state index contributed by atoms with van der Waals surface area (Å²) in [6.07, 6.45) is -2.44. The molecule has 1 aromatic carbocycles. The Morgan fingerprint density at radius 2 is 2.00 bits per heavy atom. The van der Waals surface area contributed by atoms with E-state index in [1.165, 1.54) is 23.5 Å². The average Bonchev–Trinajstić information content (AvgIpc) is 3.30. The Morgan fingerprint density at radius 1 is 1.32 bits per heavy atom. The maximum atomic E-state index is 12.6. The fourth-order valence-electron chi connectivity index (χ4n) is 2.46. The van der Waals surface area contributed by atoms with Crippen molar-refractivity contribution in [2.24, 2.45) is 0 Å². The summed E-state index contributed by atoms with van der Waals surface area (Å²) in [6.45, 7) is 0.0688. The highest BCUT2D eigenvalue weighted by molar-refractivity contribution is 7.13. The van der Waals surface area contributed by atoms with Gasteiger partial charge in [-0.05, 0) is 25.0 Å². The number of aromatic nitrogens is 1. The molecule has 1 amide bonds. The third-order valence-electron chi connectivity index (χ3n) is 3.89. The highest BCUT2D eigenvalue weighted by atomic mass is 32.1. The fourth-order valence-corrected chi connectivity index (χ4v) is 3.29. The Kier molecular flexibility index (Phi) is 4.77. The van der Waals surface area contributed by atoms with Crippen molar-refractivity contribution in [1.29, 1.82) is 5.26 Å². The van der Waals surface area contributed by atoms with Crippen molar-refractivity contribution in [3.63, 3.8) is 0 Å². The van der Waals surface area contributed by atoms with Gasteiger partial charge in [-0.2, -0.15) is 18.4 Å². The van der Waals surface area contributed by atoms with Crippen LogP contribution in [0.3, 0.4) is 0 Å². The molecule has 0 unspecified atom stereocenters. The maximum Gasteiger partial charge on any atom is 0.416 e. The SMILES string of the molecule is N#CCN(C(=O)Cc1csc(-c2ccc(C(F)(F)F)cc2)n1)C1CC1. The van der Waals surface area contributed by atoms with Gasteiger partial charge in [0.15, 0.2) is 0 Å². The quantitative estimate of drug-likeness (QED) is 0.756. The minimum atomic E-state index is -4.37. The Bertz CT molecular complexity index is 804. The molecular formula is C17H14F3N3OS. The third kappa shape index (κ3) is 4.17. The van der Waals surface area contributed by atoms with Crippen molar-refractivity contribution in [1.82, 2.24) is 9.88 Å².